The Hall–Kier alpha value is -2.78. The number of nitrogens with zero attached hydrogens (tertiary/aromatic N) is 5. The quantitative estimate of drug-likeness (QED) is 0.638. The van der Waals surface area contributed by atoms with Crippen molar-refractivity contribution in [3.63, 3.8) is 0 Å². The molecule has 0 radical (unpaired) electrons. The number of aromatic nitrogens is 4. The van der Waals surface area contributed by atoms with E-state index in [1.165, 1.54) is 0 Å². The molecule has 1 aromatic carbocycles. The third kappa shape index (κ3) is 4.15. The predicted molar refractivity (Wildman–Crippen MR) is 107 cm³/mol. The summed E-state index contributed by atoms with van der Waals surface area (Å²) < 4.78 is 35.1. The molecule has 0 amide bonds. The number of benzene rings is 1. The number of sulfonamides is 1. The SMILES string of the molecule is Cc1ccc(C)c(S(=O)(=O)N2CCC(Oc3ccc(-n4cccn4)nn3)CC2)c1. The summed E-state index contributed by atoms with van der Waals surface area (Å²) in [7, 11) is -3.50. The topological polar surface area (TPSA) is 90.2 Å². The van der Waals surface area contributed by atoms with Crippen LogP contribution in [-0.2, 0) is 10.0 Å². The van der Waals surface area contributed by atoms with E-state index in [4.69, 9.17) is 4.74 Å². The molecule has 29 heavy (non-hydrogen) atoms. The Morgan fingerprint density at radius 1 is 1.07 bits per heavy atom. The second-order valence-electron chi connectivity index (χ2n) is 7.17. The Morgan fingerprint density at radius 2 is 1.86 bits per heavy atom. The number of ether oxygens (including phenoxy) is 1. The maximum Gasteiger partial charge on any atom is 0.243 e. The van der Waals surface area contributed by atoms with E-state index in [2.05, 4.69) is 15.3 Å². The molecule has 1 aliphatic rings. The van der Waals surface area contributed by atoms with E-state index < -0.39 is 10.0 Å². The Bertz CT molecular complexity index is 1070. The van der Waals surface area contributed by atoms with Gasteiger partial charge in [-0.1, -0.05) is 12.1 Å². The molecule has 1 aliphatic heterocycles. The average molecular weight is 414 g/mol. The highest BCUT2D eigenvalue weighted by Gasteiger charge is 2.31. The number of hydrogen-bond acceptors (Lipinski definition) is 6. The Balaban J connectivity index is 1.38. The lowest BCUT2D eigenvalue weighted by atomic mass is 10.1. The summed E-state index contributed by atoms with van der Waals surface area (Å²) in [6.45, 7) is 4.56. The molecular weight excluding hydrogens is 390 g/mol. The molecule has 3 aromatic rings. The summed E-state index contributed by atoms with van der Waals surface area (Å²) in [5.74, 6) is 1.04. The van der Waals surface area contributed by atoms with Gasteiger partial charge in [0.25, 0.3) is 0 Å². The van der Waals surface area contributed by atoms with Gasteiger partial charge in [-0.3, -0.25) is 0 Å². The monoisotopic (exact) mass is 413 g/mol. The van der Waals surface area contributed by atoms with Crippen LogP contribution >= 0.6 is 0 Å². The van der Waals surface area contributed by atoms with Gasteiger partial charge in [-0.2, -0.15) is 9.40 Å². The Kier molecular flexibility index (Phi) is 5.33. The van der Waals surface area contributed by atoms with Crippen molar-refractivity contribution in [2.75, 3.05) is 13.1 Å². The number of piperidine rings is 1. The van der Waals surface area contributed by atoms with Gasteiger partial charge < -0.3 is 4.74 Å². The van der Waals surface area contributed by atoms with Gasteiger partial charge in [0.1, 0.15) is 6.10 Å². The fourth-order valence-electron chi connectivity index (χ4n) is 3.39. The molecule has 0 unspecified atom stereocenters. The first-order valence-corrected chi connectivity index (χ1v) is 11.0. The van der Waals surface area contributed by atoms with Gasteiger partial charge in [0.05, 0.1) is 4.90 Å². The highest BCUT2D eigenvalue weighted by molar-refractivity contribution is 7.89. The van der Waals surface area contributed by atoms with Crippen molar-refractivity contribution in [1.29, 1.82) is 0 Å². The molecule has 2 aromatic heterocycles. The summed E-state index contributed by atoms with van der Waals surface area (Å²) in [5, 5.41) is 12.3. The molecule has 4 rings (SSSR count). The van der Waals surface area contributed by atoms with Crippen LogP contribution in [0.1, 0.15) is 24.0 Å². The molecule has 0 N–H and O–H groups in total. The molecule has 152 valence electrons. The van der Waals surface area contributed by atoms with Crippen LogP contribution in [0.2, 0.25) is 0 Å². The molecule has 1 saturated heterocycles. The summed E-state index contributed by atoms with van der Waals surface area (Å²) in [5.41, 5.74) is 1.70. The highest BCUT2D eigenvalue weighted by Crippen LogP contribution is 2.25. The van der Waals surface area contributed by atoms with E-state index in [9.17, 15) is 8.42 Å². The summed E-state index contributed by atoms with van der Waals surface area (Å²) >= 11 is 0. The smallest absolute Gasteiger partial charge is 0.243 e. The van der Waals surface area contributed by atoms with Crippen molar-refractivity contribution >= 4 is 10.0 Å². The van der Waals surface area contributed by atoms with Crippen molar-refractivity contribution in [2.45, 2.75) is 37.7 Å². The molecule has 0 bridgehead atoms. The zero-order chi connectivity index (χ0) is 20.4. The van der Waals surface area contributed by atoms with Crippen molar-refractivity contribution in [3.05, 3.63) is 59.9 Å². The molecule has 0 atom stereocenters. The van der Waals surface area contributed by atoms with Gasteiger partial charge in [0.15, 0.2) is 5.82 Å². The molecular formula is C20H23N5O3S. The number of hydrogen-bond donors (Lipinski definition) is 0. The van der Waals surface area contributed by atoms with E-state index in [1.807, 2.05) is 32.0 Å². The van der Waals surface area contributed by atoms with E-state index >= 15 is 0 Å². The van der Waals surface area contributed by atoms with Gasteiger partial charge in [0.2, 0.25) is 15.9 Å². The molecule has 8 nitrogen and oxygen atoms in total. The molecule has 3 heterocycles. The van der Waals surface area contributed by atoms with Crippen LogP contribution in [0.5, 0.6) is 5.88 Å². The second kappa shape index (κ2) is 7.92. The third-order valence-corrected chi connectivity index (χ3v) is 7.06. The van der Waals surface area contributed by atoms with Crippen LogP contribution < -0.4 is 4.74 Å². The van der Waals surface area contributed by atoms with Crippen molar-refractivity contribution < 1.29 is 13.2 Å². The maximum atomic E-state index is 13.0. The van der Waals surface area contributed by atoms with Gasteiger partial charge in [0, 0.05) is 31.5 Å². The zero-order valence-corrected chi connectivity index (χ0v) is 17.2. The predicted octanol–water partition coefficient (Wildman–Crippen LogP) is 2.51. The van der Waals surface area contributed by atoms with Gasteiger partial charge in [-0.15, -0.1) is 10.2 Å². The van der Waals surface area contributed by atoms with Crippen molar-refractivity contribution in [3.8, 4) is 11.7 Å². The summed E-state index contributed by atoms with van der Waals surface area (Å²) in [6.07, 6.45) is 4.58. The number of aryl methyl sites for hydroxylation is 2. The first-order chi connectivity index (χ1) is 13.9. The average Bonchev–Trinajstić information content (AvgIpc) is 3.26. The molecule has 0 saturated carbocycles. The highest BCUT2D eigenvalue weighted by atomic mass is 32.2. The largest absolute Gasteiger partial charge is 0.473 e. The minimum absolute atomic E-state index is 0.0927. The second-order valence-corrected chi connectivity index (χ2v) is 9.08. The molecule has 9 heteroatoms. The fourth-order valence-corrected chi connectivity index (χ4v) is 5.17. The van der Waals surface area contributed by atoms with E-state index in [0.717, 1.165) is 11.1 Å². The third-order valence-electron chi connectivity index (χ3n) is 5.01. The lowest BCUT2D eigenvalue weighted by molar-refractivity contribution is 0.128. The molecule has 0 aliphatic carbocycles. The van der Waals surface area contributed by atoms with E-state index in [-0.39, 0.29) is 6.10 Å². The minimum Gasteiger partial charge on any atom is -0.473 e. The summed E-state index contributed by atoms with van der Waals surface area (Å²) in [4.78, 5) is 0.386. The first kappa shape index (κ1) is 19.5. The normalized spacial score (nSPS) is 16.1. The fraction of sp³-hybridized carbons (Fsp3) is 0.350. The molecule has 0 spiro atoms. The minimum atomic E-state index is -3.50. The lowest BCUT2D eigenvalue weighted by Crippen LogP contribution is -2.42. The van der Waals surface area contributed by atoms with Crippen LogP contribution in [0.4, 0.5) is 0 Å². The first-order valence-electron chi connectivity index (χ1n) is 9.51. The lowest BCUT2D eigenvalue weighted by Gasteiger charge is -2.31. The van der Waals surface area contributed by atoms with Gasteiger partial charge >= 0.3 is 0 Å². The maximum absolute atomic E-state index is 13.0. The van der Waals surface area contributed by atoms with Gasteiger partial charge in [-0.25, -0.2) is 13.1 Å². The summed E-state index contributed by atoms with van der Waals surface area (Å²) in [6, 6.07) is 10.9. The van der Waals surface area contributed by atoms with Crippen LogP contribution in [0, 0.1) is 13.8 Å². The van der Waals surface area contributed by atoms with E-state index in [1.54, 1.807) is 39.6 Å². The van der Waals surface area contributed by atoms with Crippen LogP contribution in [0.25, 0.3) is 5.82 Å². The van der Waals surface area contributed by atoms with Crippen LogP contribution in [0.15, 0.2) is 53.7 Å². The van der Waals surface area contributed by atoms with E-state index in [0.29, 0.717) is 42.5 Å². The van der Waals surface area contributed by atoms with Crippen LogP contribution in [0.3, 0.4) is 0 Å². The zero-order valence-electron chi connectivity index (χ0n) is 16.4. The number of rotatable bonds is 5. The van der Waals surface area contributed by atoms with Crippen molar-refractivity contribution in [2.24, 2.45) is 0 Å². The van der Waals surface area contributed by atoms with Gasteiger partial charge in [-0.05, 0) is 56.0 Å². The van der Waals surface area contributed by atoms with Crippen molar-refractivity contribution in [1.82, 2.24) is 24.3 Å². The molecule has 1 fully saturated rings. The standard InChI is InChI=1S/C20H23N5O3S/c1-15-4-5-16(2)18(14-15)29(26,27)24-12-8-17(9-13-24)28-20-7-6-19(22-23-20)25-11-3-10-21-25/h3-7,10-11,14,17H,8-9,12-13H2,1-2H3. The van der Waals surface area contributed by atoms with Crippen LogP contribution in [-0.4, -0.2) is 51.9 Å². The Morgan fingerprint density at radius 3 is 2.52 bits per heavy atom. The Labute approximate surface area is 170 Å².